The number of benzene rings is 2. The molecular formula is C23H19N3O5S. The third kappa shape index (κ3) is 3.90. The first-order chi connectivity index (χ1) is 15.4. The molecule has 0 N–H and O–H groups in total. The average Bonchev–Trinajstić information content (AvgIpc) is 3.08. The van der Waals surface area contributed by atoms with E-state index in [1.807, 2.05) is 30.3 Å². The summed E-state index contributed by atoms with van der Waals surface area (Å²) in [4.78, 5) is 41.8. The summed E-state index contributed by atoms with van der Waals surface area (Å²) in [5, 5.41) is 11.1. The SMILES string of the molecule is CCOC(=O)C1=C(C)N=c2s/c(=C\c3cccc([N+](=O)[O-])c3)c(=O)n2C1c1ccccc1. The number of rotatable bonds is 5. The second-order valence-corrected chi connectivity index (χ2v) is 8.07. The van der Waals surface area contributed by atoms with Crippen molar-refractivity contribution in [1.82, 2.24) is 4.57 Å². The Morgan fingerprint density at radius 1 is 1.25 bits per heavy atom. The van der Waals surface area contributed by atoms with Crippen molar-refractivity contribution in [2.75, 3.05) is 6.61 Å². The highest BCUT2D eigenvalue weighted by Gasteiger charge is 2.33. The third-order valence-electron chi connectivity index (χ3n) is 5.01. The van der Waals surface area contributed by atoms with Crippen molar-refractivity contribution in [3.05, 3.63) is 107 Å². The van der Waals surface area contributed by atoms with Gasteiger partial charge in [0.2, 0.25) is 0 Å². The quantitative estimate of drug-likeness (QED) is 0.338. The van der Waals surface area contributed by atoms with Gasteiger partial charge in [0.25, 0.3) is 11.2 Å². The van der Waals surface area contributed by atoms with Crippen molar-refractivity contribution in [2.45, 2.75) is 19.9 Å². The van der Waals surface area contributed by atoms with E-state index in [2.05, 4.69) is 4.99 Å². The molecule has 0 amide bonds. The number of nitro benzene ring substituents is 1. The van der Waals surface area contributed by atoms with E-state index < -0.39 is 16.9 Å². The summed E-state index contributed by atoms with van der Waals surface area (Å²) >= 11 is 1.17. The van der Waals surface area contributed by atoms with E-state index in [-0.39, 0.29) is 17.9 Å². The minimum Gasteiger partial charge on any atom is -0.463 e. The molecule has 1 atom stereocenters. The number of hydrogen-bond donors (Lipinski definition) is 0. The van der Waals surface area contributed by atoms with Crippen LogP contribution in [0.2, 0.25) is 0 Å². The molecule has 0 spiro atoms. The van der Waals surface area contributed by atoms with Gasteiger partial charge in [-0.2, -0.15) is 0 Å². The lowest BCUT2D eigenvalue weighted by Crippen LogP contribution is -2.39. The van der Waals surface area contributed by atoms with Crippen LogP contribution in [0, 0.1) is 10.1 Å². The van der Waals surface area contributed by atoms with Crippen LogP contribution in [0.3, 0.4) is 0 Å². The molecule has 0 saturated carbocycles. The Labute approximate surface area is 186 Å². The van der Waals surface area contributed by atoms with Crippen LogP contribution < -0.4 is 14.9 Å². The molecule has 0 fully saturated rings. The number of esters is 1. The van der Waals surface area contributed by atoms with Gasteiger partial charge in [-0.3, -0.25) is 19.5 Å². The molecule has 0 saturated heterocycles. The van der Waals surface area contributed by atoms with Gasteiger partial charge in [0.05, 0.1) is 33.4 Å². The number of nitrogens with zero attached hydrogens (tertiary/aromatic N) is 3. The summed E-state index contributed by atoms with van der Waals surface area (Å²) in [6.07, 6.45) is 1.60. The molecule has 1 unspecified atom stereocenters. The van der Waals surface area contributed by atoms with Crippen LogP contribution in [-0.2, 0) is 9.53 Å². The van der Waals surface area contributed by atoms with Crippen LogP contribution in [0.5, 0.6) is 0 Å². The van der Waals surface area contributed by atoms with Gasteiger partial charge < -0.3 is 4.74 Å². The maximum absolute atomic E-state index is 13.4. The molecule has 0 radical (unpaired) electrons. The van der Waals surface area contributed by atoms with Crippen LogP contribution in [0.25, 0.3) is 6.08 Å². The molecule has 32 heavy (non-hydrogen) atoms. The molecule has 0 aliphatic carbocycles. The lowest BCUT2D eigenvalue weighted by Gasteiger charge is -2.24. The maximum atomic E-state index is 13.4. The van der Waals surface area contributed by atoms with Gasteiger partial charge in [-0.05, 0) is 31.1 Å². The zero-order valence-corrected chi connectivity index (χ0v) is 18.2. The fourth-order valence-electron chi connectivity index (χ4n) is 3.62. The summed E-state index contributed by atoms with van der Waals surface area (Å²) in [6.45, 7) is 3.65. The number of hydrogen-bond acceptors (Lipinski definition) is 7. The van der Waals surface area contributed by atoms with Gasteiger partial charge in [0.15, 0.2) is 4.80 Å². The zero-order valence-electron chi connectivity index (χ0n) is 17.3. The van der Waals surface area contributed by atoms with Crippen molar-refractivity contribution in [2.24, 2.45) is 4.99 Å². The van der Waals surface area contributed by atoms with Gasteiger partial charge >= 0.3 is 5.97 Å². The molecule has 0 bridgehead atoms. The predicted octanol–water partition coefficient (Wildman–Crippen LogP) is 2.71. The fourth-order valence-corrected chi connectivity index (χ4v) is 4.67. The Kier molecular flexibility index (Phi) is 5.83. The van der Waals surface area contributed by atoms with E-state index >= 15 is 0 Å². The summed E-state index contributed by atoms with van der Waals surface area (Å²) in [5.41, 5.74) is 1.69. The number of allylic oxidation sites excluding steroid dienone is 1. The highest BCUT2D eigenvalue weighted by atomic mass is 32.1. The number of fused-ring (bicyclic) bond motifs is 1. The van der Waals surface area contributed by atoms with E-state index in [1.165, 1.54) is 28.0 Å². The summed E-state index contributed by atoms with van der Waals surface area (Å²) < 4.78 is 7.11. The van der Waals surface area contributed by atoms with Crippen molar-refractivity contribution >= 4 is 29.1 Å². The van der Waals surface area contributed by atoms with Crippen LogP contribution in [-0.4, -0.2) is 22.1 Å². The summed E-state index contributed by atoms with van der Waals surface area (Å²) in [5.74, 6) is -0.518. The van der Waals surface area contributed by atoms with Crippen molar-refractivity contribution in [3.8, 4) is 0 Å². The van der Waals surface area contributed by atoms with Crippen LogP contribution in [0.15, 0.2) is 75.7 Å². The lowest BCUT2D eigenvalue weighted by molar-refractivity contribution is -0.384. The first kappa shape index (κ1) is 21.4. The van der Waals surface area contributed by atoms with Crippen LogP contribution in [0.4, 0.5) is 5.69 Å². The fraction of sp³-hybridized carbons (Fsp3) is 0.174. The lowest BCUT2D eigenvalue weighted by atomic mass is 9.96. The van der Waals surface area contributed by atoms with E-state index in [1.54, 1.807) is 32.1 Å². The summed E-state index contributed by atoms with van der Waals surface area (Å²) in [7, 11) is 0. The summed E-state index contributed by atoms with van der Waals surface area (Å²) in [6, 6.07) is 14.6. The second kappa shape index (κ2) is 8.72. The highest BCUT2D eigenvalue weighted by molar-refractivity contribution is 7.07. The topological polar surface area (TPSA) is 104 Å². The second-order valence-electron chi connectivity index (χ2n) is 7.07. The number of carbonyl (C=O) groups excluding carboxylic acids is 1. The Balaban J connectivity index is 1.94. The number of non-ortho nitro benzene ring substituents is 1. The smallest absolute Gasteiger partial charge is 0.338 e. The number of nitro groups is 1. The molecule has 4 rings (SSSR count). The van der Waals surface area contributed by atoms with Gasteiger partial charge in [0, 0.05) is 12.1 Å². The highest BCUT2D eigenvalue weighted by Crippen LogP contribution is 2.30. The Bertz CT molecular complexity index is 1420. The first-order valence-electron chi connectivity index (χ1n) is 9.89. The van der Waals surface area contributed by atoms with E-state index in [0.717, 1.165) is 5.56 Å². The van der Waals surface area contributed by atoms with Gasteiger partial charge in [-0.25, -0.2) is 9.79 Å². The van der Waals surface area contributed by atoms with Crippen LogP contribution in [0.1, 0.15) is 31.0 Å². The molecule has 1 aromatic heterocycles. The zero-order chi connectivity index (χ0) is 22.8. The molecule has 1 aliphatic heterocycles. The Morgan fingerprint density at radius 2 is 2.00 bits per heavy atom. The molecule has 3 aromatic rings. The molecule has 2 heterocycles. The molecule has 9 heteroatoms. The first-order valence-corrected chi connectivity index (χ1v) is 10.7. The van der Waals surface area contributed by atoms with Crippen LogP contribution >= 0.6 is 11.3 Å². The molecule has 162 valence electrons. The molecule has 1 aliphatic rings. The standard InChI is InChI=1S/C23H19N3O5S/c1-3-31-22(28)19-14(2)24-23-25(20(19)16-9-5-4-6-10-16)21(27)18(32-23)13-15-8-7-11-17(12-15)26(29)30/h4-13,20H,3H2,1-2H3/b18-13-. The van der Waals surface area contributed by atoms with Gasteiger partial charge in [0.1, 0.15) is 0 Å². The van der Waals surface area contributed by atoms with Gasteiger partial charge in [-0.1, -0.05) is 53.8 Å². The van der Waals surface area contributed by atoms with E-state index in [9.17, 15) is 19.7 Å². The number of thiazole rings is 1. The van der Waals surface area contributed by atoms with Gasteiger partial charge in [-0.15, -0.1) is 0 Å². The largest absolute Gasteiger partial charge is 0.463 e. The Hall–Kier alpha value is -3.85. The van der Waals surface area contributed by atoms with Crippen molar-refractivity contribution < 1.29 is 14.5 Å². The maximum Gasteiger partial charge on any atom is 0.338 e. The number of aromatic nitrogens is 1. The minimum absolute atomic E-state index is 0.0610. The Morgan fingerprint density at radius 3 is 2.69 bits per heavy atom. The number of ether oxygens (including phenoxy) is 1. The van der Waals surface area contributed by atoms with E-state index in [4.69, 9.17) is 4.74 Å². The molecule has 2 aromatic carbocycles. The number of carbonyl (C=O) groups is 1. The van der Waals surface area contributed by atoms with Crippen molar-refractivity contribution in [1.29, 1.82) is 0 Å². The predicted molar refractivity (Wildman–Crippen MR) is 120 cm³/mol. The van der Waals surface area contributed by atoms with E-state index in [0.29, 0.717) is 26.2 Å². The normalized spacial score (nSPS) is 15.8. The monoisotopic (exact) mass is 449 g/mol. The minimum atomic E-state index is -0.682. The molecular weight excluding hydrogens is 430 g/mol. The average molecular weight is 449 g/mol. The third-order valence-corrected chi connectivity index (χ3v) is 5.99. The van der Waals surface area contributed by atoms with Crippen molar-refractivity contribution in [3.63, 3.8) is 0 Å². The molecule has 8 nitrogen and oxygen atoms in total.